The van der Waals surface area contributed by atoms with Gasteiger partial charge in [-0.1, -0.05) is 29.8 Å². The average molecular weight is 280 g/mol. The number of rotatable bonds is 3. The normalized spacial score (nSPS) is 10.3. The zero-order valence-corrected chi connectivity index (χ0v) is 10.6. The van der Waals surface area contributed by atoms with Gasteiger partial charge in [-0.2, -0.15) is 0 Å². The summed E-state index contributed by atoms with van der Waals surface area (Å²) in [5.41, 5.74) is 1.25. The molecule has 98 valence electrons. The van der Waals surface area contributed by atoms with Crippen LogP contribution in [0.5, 0.6) is 0 Å². The Bertz CT molecular complexity index is 616. The lowest BCUT2D eigenvalue weighted by Gasteiger charge is -2.08. The molecule has 0 fully saturated rings. The van der Waals surface area contributed by atoms with Crippen LogP contribution in [0.2, 0.25) is 5.02 Å². The Morgan fingerprint density at radius 1 is 1.26 bits per heavy atom. The molecule has 5 heteroatoms. The van der Waals surface area contributed by atoms with Crippen LogP contribution in [-0.4, -0.2) is 11.0 Å². The predicted molar refractivity (Wildman–Crippen MR) is 71.7 cm³/mol. The molecule has 0 radical (unpaired) electrons. The molecule has 0 aliphatic carbocycles. The molecule has 0 saturated heterocycles. The van der Waals surface area contributed by atoms with Gasteiger partial charge in [0.15, 0.2) is 0 Å². The Balaban J connectivity index is 2.23. The van der Waals surface area contributed by atoms with E-state index in [4.69, 9.17) is 16.7 Å². The fraction of sp³-hybridized carbons (Fsp3) is 0.0714. The topological polar surface area (TPSA) is 49.3 Å². The van der Waals surface area contributed by atoms with Gasteiger partial charge < -0.3 is 10.4 Å². The molecule has 0 aromatic heterocycles. The van der Waals surface area contributed by atoms with Gasteiger partial charge in [0.2, 0.25) is 0 Å². The Labute approximate surface area is 114 Å². The first kappa shape index (κ1) is 13.5. The lowest BCUT2D eigenvalue weighted by atomic mass is 10.1. The van der Waals surface area contributed by atoms with Crippen LogP contribution in [0.4, 0.5) is 10.1 Å². The molecule has 0 aliphatic rings. The third-order valence-corrected chi connectivity index (χ3v) is 2.95. The molecule has 0 heterocycles. The number of carbonyl (C=O) groups excluding carboxylic acids is 1. The van der Waals surface area contributed by atoms with Crippen LogP contribution in [0.3, 0.4) is 0 Å². The van der Waals surface area contributed by atoms with Gasteiger partial charge in [0, 0.05) is 5.69 Å². The molecule has 0 spiro atoms. The summed E-state index contributed by atoms with van der Waals surface area (Å²) in [5.74, 6) is -1.14. The number of benzene rings is 2. The molecule has 0 aliphatic heterocycles. The maximum absolute atomic E-state index is 13.3. The van der Waals surface area contributed by atoms with Crippen LogP contribution in [0.25, 0.3) is 0 Å². The van der Waals surface area contributed by atoms with E-state index in [1.165, 1.54) is 18.2 Å². The standard InChI is InChI=1S/C14H11ClFNO2/c15-13-11(5-2-6-12(13)16)14(19)17-10-4-1-3-9(7-10)8-18/h1-7,18H,8H2,(H,17,19). The van der Waals surface area contributed by atoms with E-state index in [1.807, 2.05) is 0 Å². The molecule has 2 aromatic rings. The second-order valence-corrected chi connectivity index (χ2v) is 4.29. The van der Waals surface area contributed by atoms with E-state index in [1.54, 1.807) is 24.3 Å². The van der Waals surface area contributed by atoms with E-state index < -0.39 is 11.7 Å². The number of aliphatic hydroxyl groups excluding tert-OH is 1. The van der Waals surface area contributed by atoms with Crippen molar-refractivity contribution in [3.8, 4) is 0 Å². The Hall–Kier alpha value is -1.91. The highest BCUT2D eigenvalue weighted by Gasteiger charge is 2.13. The SMILES string of the molecule is O=C(Nc1cccc(CO)c1)c1cccc(F)c1Cl. The maximum Gasteiger partial charge on any atom is 0.257 e. The summed E-state index contributed by atoms with van der Waals surface area (Å²) >= 11 is 5.74. The molecule has 0 bridgehead atoms. The third-order valence-electron chi connectivity index (χ3n) is 2.56. The average Bonchev–Trinajstić information content (AvgIpc) is 2.42. The fourth-order valence-electron chi connectivity index (χ4n) is 1.63. The highest BCUT2D eigenvalue weighted by molar-refractivity contribution is 6.34. The summed E-state index contributed by atoms with van der Waals surface area (Å²) in [7, 11) is 0. The smallest absolute Gasteiger partial charge is 0.257 e. The molecule has 2 rings (SSSR count). The summed E-state index contributed by atoms with van der Waals surface area (Å²) in [6.07, 6.45) is 0. The van der Waals surface area contributed by atoms with Crippen molar-refractivity contribution >= 4 is 23.2 Å². The monoisotopic (exact) mass is 279 g/mol. The van der Waals surface area contributed by atoms with Crippen molar-refractivity contribution < 1.29 is 14.3 Å². The van der Waals surface area contributed by atoms with Gasteiger partial charge >= 0.3 is 0 Å². The first-order chi connectivity index (χ1) is 9.11. The molecule has 1 amide bonds. The fourth-order valence-corrected chi connectivity index (χ4v) is 1.84. The number of nitrogens with one attached hydrogen (secondary N) is 1. The van der Waals surface area contributed by atoms with E-state index in [0.717, 1.165) is 0 Å². The molecule has 0 unspecified atom stereocenters. The Morgan fingerprint density at radius 2 is 2.00 bits per heavy atom. The van der Waals surface area contributed by atoms with E-state index in [2.05, 4.69) is 5.32 Å². The molecular formula is C14H11ClFNO2. The number of amides is 1. The summed E-state index contributed by atoms with van der Waals surface area (Å²) in [6, 6.07) is 10.8. The minimum atomic E-state index is -0.640. The number of hydrogen-bond donors (Lipinski definition) is 2. The van der Waals surface area contributed by atoms with E-state index >= 15 is 0 Å². The van der Waals surface area contributed by atoms with Gasteiger partial charge in [-0.05, 0) is 29.8 Å². The Morgan fingerprint density at radius 3 is 2.74 bits per heavy atom. The van der Waals surface area contributed by atoms with Crippen molar-refractivity contribution in [2.75, 3.05) is 5.32 Å². The van der Waals surface area contributed by atoms with Crippen molar-refractivity contribution in [2.24, 2.45) is 0 Å². The van der Waals surface area contributed by atoms with Crippen molar-refractivity contribution in [1.82, 2.24) is 0 Å². The lowest BCUT2D eigenvalue weighted by molar-refractivity contribution is 0.102. The summed E-state index contributed by atoms with van der Waals surface area (Å²) in [6.45, 7) is -0.121. The molecular weight excluding hydrogens is 269 g/mol. The van der Waals surface area contributed by atoms with Crippen LogP contribution < -0.4 is 5.32 Å². The molecule has 3 nitrogen and oxygen atoms in total. The van der Waals surface area contributed by atoms with Crippen molar-refractivity contribution in [1.29, 1.82) is 0 Å². The van der Waals surface area contributed by atoms with E-state index in [0.29, 0.717) is 11.3 Å². The van der Waals surface area contributed by atoms with Gasteiger partial charge in [-0.15, -0.1) is 0 Å². The van der Waals surface area contributed by atoms with Gasteiger partial charge in [-0.25, -0.2) is 4.39 Å². The molecule has 0 atom stereocenters. The third kappa shape index (κ3) is 3.10. The van der Waals surface area contributed by atoms with Crippen LogP contribution >= 0.6 is 11.6 Å². The number of carbonyl (C=O) groups is 1. The van der Waals surface area contributed by atoms with E-state index in [9.17, 15) is 9.18 Å². The Kier molecular flexibility index (Phi) is 4.14. The van der Waals surface area contributed by atoms with Gasteiger partial charge in [0.1, 0.15) is 5.82 Å². The van der Waals surface area contributed by atoms with Gasteiger partial charge in [0.05, 0.1) is 17.2 Å². The van der Waals surface area contributed by atoms with Crippen molar-refractivity contribution in [2.45, 2.75) is 6.61 Å². The maximum atomic E-state index is 13.3. The van der Waals surface area contributed by atoms with Crippen molar-refractivity contribution in [3.05, 3.63) is 64.4 Å². The number of aliphatic hydroxyl groups is 1. The summed E-state index contributed by atoms with van der Waals surface area (Å²) < 4.78 is 13.3. The van der Waals surface area contributed by atoms with Crippen LogP contribution in [0, 0.1) is 5.82 Å². The molecule has 2 aromatic carbocycles. The highest BCUT2D eigenvalue weighted by atomic mass is 35.5. The predicted octanol–water partition coefficient (Wildman–Crippen LogP) is 3.22. The number of halogens is 2. The molecule has 19 heavy (non-hydrogen) atoms. The second-order valence-electron chi connectivity index (χ2n) is 3.91. The largest absolute Gasteiger partial charge is 0.392 e. The number of anilines is 1. The zero-order chi connectivity index (χ0) is 13.8. The van der Waals surface area contributed by atoms with Crippen molar-refractivity contribution in [3.63, 3.8) is 0 Å². The minimum absolute atomic E-state index is 0.0658. The second kappa shape index (κ2) is 5.82. The lowest BCUT2D eigenvalue weighted by Crippen LogP contribution is -2.13. The highest BCUT2D eigenvalue weighted by Crippen LogP contribution is 2.21. The van der Waals surface area contributed by atoms with Crippen LogP contribution in [0.15, 0.2) is 42.5 Å². The quantitative estimate of drug-likeness (QED) is 0.906. The summed E-state index contributed by atoms with van der Waals surface area (Å²) in [4.78, 5) is 12.0. The van der Waals surface area contributed by atoms with Gasteiger partial charge in [0.25, 0.3) is 5.91 Å². The molecule has 2 N–H and O–H groups in total. The van der Waals surface area contributed by atoms with Crippen LogP contribution in [0.1, 0.15) is 15.9 Å². The minimum Gasteiger partial charge on any atom is -0.392 e. The first-order valence-electron chi connectivity index (χ1n) is 5.57. The van der Waals surface area contributed by atoms with Crippen LogP contribution in [-0.2, 0) is 6.61 Å². The van der Waals surface area contributed by atoms with E-state index in [-0.39, 0.29) is 17.2 Å². The zero-order valence-electron chi connectivity index (χ0n) is 9.86. The molecule has 0 saturated carbocycles. The van der Waals surface area contributed by atoms with Gasteiger partial charge in [-0.3, -0.25) is 4.79 Å². The summed E-state index contributed by atoms with van der Waals surface area (Å²) in [5, 5.41) is 11.4. The first-order valence-corrected chi connectivity index (χ1v) is 5.95. The number of hydrogen-bond acceptors (Lipinski definition) is 2.